The Bertz CT molecular complexity index is 692. The zero-order valence-corrected chi connectivity index (χ0v) is 17.3. The third kappa shape index (κ3) is 9.24. The second kappa shape index (κ2) is 12.8. The highest BCUT2D eigenvalue weighted by atomic mass is 16.4. The number of aliphatic hydroxyl groups excluding tert-OH is 3. The van der Waals surface area contributed by atoms with Crippen molar-refractivity contribution in [2.75, 3.05) is 26.7 Å². The maximum absolute atomic E-state index is 12.2. The van der Waals surface area contributed by atoms with Crippen LogP contribution in [0.1, 0.15) is 32.1 Å². The average Bonchev–Trinajstić information content (AvgIpc) is 3.04. The highest BCUT2D eigenvalue weighted by molar-refractivity contribution is 6.13. The second-order valence-corrected chi connectivity index (χ2v) is 7.25. The number of nitrogens with zero attached hydrogens (tertiary/aromatic N) is 2. The molecule has 1 heterocycles. The predicted molar refractivity (Wildman–Crippen MR) is 105 cm³/mol. The summed E-state index contributed by atoms with van der Waals surface area (Å²) in [6.07, 6.45) is -0.0452. The molecule has 1 aliphatic heterocycles. The maximum Gasteiger partial charge on any atom is 0.326 e. The first-order valence-electron chi connectivity index (χ1n) is 9.81. The lowest BCUT2D eigenvalue weighted by molar-refractivity contribution is -0.143. The van der Waals surface area contributed by atoms with Crippen molar-refractivity contribution < 1.29 is 44.4 Å². The van der Waals surface area contributed by atoms with Crippen molar-refractivity contribution in [3.05, 3.63) is 12.2 Å². The van der Waals surface area contributed by atoms with Crippen LogP contribution in [-0.4, -0.2) is 105 Å². The lowest BCUT2D eigenvalue weighted by atomic mass is 10.1. The number of aliphatic hydroxyl groups is 3. The van der Waals surface area contributed by atoms with E-state index in [-0.39, 0.29) is 45.2 Å². The van der Waals surface area contributed by atoms with Crippen LogP contribution in [0.5, 0.6) is 0 Å². The van der Waals surface area contributed by atoms with Crippen molar-refractivity contribution in [2.24, 2.45) is 0 Å². The van der Waals surface area contributed by atoms with Gasteiger partial charge in [0.05, 0.1) is 18.8 Å². The largest absolute Gasteiger partial charge is 0.480 e. The molecule has 0 saturated carbocycles. The van der Waals surface area contributed by atoms with Crippen molar-refractivity contribution in [1.82, 2.24) is 15.1 Å². The summed E-state index contributed by atoms with van der Waals surface area (Å²) in [7, 11) is 1.43. The number of hydrogen-bond donors (Lipinski definition) is 5. The van der Waals surface area contributed by atoms with E-state index in [0.717, 1.165) is 17.1 Å². The quantitative estimate of drug-likeness (QED) is 0.183. The van der Waals surface area contributed by atoms with E-state index in [1.165, 1.54) is 11.9 Å². The molecule has 31 heavy (non-hydrogen) atoms. The maximum atomic E-state index is 12.2. The van der Waals surface area contributed by atoms with Crippen molar-refractivity contribution in [2.45, 2.75) is 50.4 Å². The zero-order chi connectivity index (χ0) is 23.6. The monoisotopic (exact) mass is 443 g/mol. The Morgan fingerprint density at radius 3 is 2.16 bits per heavy atom. The Morgan fingerprint density at radius 2 is 1.61 bits per heavy atom. The van der Waals surface area contributed by atoms with Gasteiger partial charge in [-0.3, -0.25) is 24.1 Å². The number of carboxylic acids is 1. The van der Waals surface area contributed by atoms with Crippen LogP contribution in [-0.2, 0) is 24.0 Å². The molecule has 0 saturated heterocycles. The van der Waals surface area contributed by atoms with Crippen LogP contribution in [0.25, 0.3) is 0 Å². The van der Waals surface area contributed by atoms with Crippen LogP contribution in [0.15, 0.2) is 12.2 Å². The molecule has 0 fully saturated rings. The number of aliphatic carboxylic acids is 1. The number of likely N-dealkylation sites (N-methyl/N-ethyl adjacent to an activating group) is 1. The van der Waals surface area contributed by atoms with Crippen molar-refractivity contribution in [3.63, 3.8) is 0 Å². The summed E-state index contributed by atoms with van der Waals surface area (Å²) >= 11 is 0. The SMILES string of the molecule is CN(C[C@H](O)CC[C@H](O)CO)C(=O)CC[C@H](NC(=O)CCN1C(=O)C=CC1=O)C(=O)O. The number of carbonyl (C=O) groups is 5. The number of amides is 4. The Kier molecular flexibility index (Phi) is 10.8. The minimum Gasteiger partial charge on any atom is -0.480 e. The standard InChI is InChI=1S/C19H29N3O9/c1-21(10-12(24)2-3-13(25)11-23)16(27)5-4-14(19(30)31)20-15(26)8-9-22-17(28)6-7-18(22)29/h6-7,12-14,23-25H,2-5,8-11H2,1H3,(H,20,26)(H,30,31)/t12-,13+,14+/m1/s1. The van der Waals surface area contributed by atoms with Gasteiger partial charge in [0.2, 0.25) is 11.8 Å². The van der Waals surface area contributed by atoms with Crippen LogP contribution in [0.4, 0.5) is 0 Å². The van der Waals surface area contributed by atoms with E-state index in [4.69, 9.17) is 5.11 Å². The van der Waals surface area contributed by atoms with Gasteiger partial charge in [0.25, 0.3) is 11.8 Å². The first-order valence-corrected chi connectivity index (χ1v) is 9.81. The molecule has 12 nitrogen and oxygen atoms in total. The lowest BCUT2D eigenvalue weighted by Crippen LogP contribution is -2.43. The molecule has 0 aromatic rings. The zero-order valence-electron chi connectivity index (χ0n) is 17.3. The number of carbonyl (C=O) groups excluding carboxylic acids is 4. The highest BCUT2D eigenvalue weighted by Gasteiger charge is 2.26. The van der Waals surface area contributed by atoms with E-state index in [0.29, 0.717) is 0 Å². The van der Waals surface area contributed by atoms with Crippen LogP contribution in [0.2, 0.25) is 0 Å². The number of nitrogens with one attached hydrogen (secondary N) is 1. The topological polar surface area (TPSA) is 185 Å². The molecule has 1 aliphatic rings. The minimum atomic E-state index is -1.34. The van der Waals surface area contributed by atoms with Gasteiger partial charge in [-0.05, 0) is 19.3 Å². The molecular formula is C19H29N3O9. The Labute approximate surface area is 179 Å². The molecule has 0 aromatic carbocycles. The summed E-state index contributed by atoms with van der Waals surface area (Å²) in [6.45, 7) is -0.647. The summed E-state index contributed by atoms with van der Waals surface area (Å²) in [5.74, 6) is -3.56. The van der Waals surface area contributed by atoms with Gasteiger partial charge in [-0.1, -0.05) is 0 Å². The molecule has 0 spiro atoms. The third-order valence-corrected chi connectivity index (χ3v) is 4.70. The smallest absolute Gasteiger partial charge is 0.326 e. The summed E-state index contributed by atoms with van der Waals surface area (Å²) in [4.78, 5) is 60.5. The van der Waals surface area contributed by atoms with Gasteiger partial charge in [-0.15, -0.1) is 0 Å². The fourth-order valence-electron chi connectivity index (χ4n) is 2.83. The van der Waals surface area contributed by atoms with E-state index in [1.807, 2.05) is 0 Å². The van der Waals surface area contributed by atoms with Crippen molar-refractivity contribution in [1.29, 1.82) is 0 Å². The number of hydrogen-bond acceptors (Lipinski definition) is 8. The van der Waals surface area contributed by atoms with Crippen LogP contribution in [0.3, 0.4) is 0 Å². The molecule has 0 radical (unpaired) electrons. The second-order valence-electron chi connectivity index (χ2n) is 7.25. The van der Waals surface area contributed by atoms with Crippen LogP contribution >= 0.6 is 0 Å². The van der Waals surface area contributed by atoms with Gasteiger partial charge in [0.15, 0.2) is 0 Å². The normalized spacial score (nSPS) is 16.2. The molecular weight excluding hydrogens is 414 g/mol. The van der Waals surface area contributed by atoms with Crippen molar-refractivity contribution in [3.8, 4) is 0 Å². The first kappa shape index (κ1) is 26.2. The third-order valence-electron chi connectivity index (χ3n) is 4.70. The molecule has 1 rings (SSSR count). The Balaban J connectivity index is 2.42. The highest BCUT2D eigenvalue weighted by Crippen LogP contribution is 2.07. The van der Waals surface area contributed by atoms with E-state index >= 15 is 0 Å². The lowest BCUT2D eigenvalue weighted by Gasteiger charge is -2.22. The van der Waals surface area contributed by atoms with Gasteiger partial charge >= 0.3 is 5.97 Å². The molecule has 0 unspecified atom stereocenters. The molecule has 5 N–H and O–H groups in total. The van der Waals surface area contributed by atoms with E-state index in [1.54, 1.807) is 0 Å². The van der Waals surface area contributed by atoms with Crippen LogP contribution < -0.4 is 5.32 Å². The van der Waals surface area contributed by atoms with E-state index in [9.17, 15) is 39.3 Å². The summed E-state index contributed by atoms with van der Waals surface area (Å²) in [5, 5.41) is 39.5. The predicted octanol–water partition coefficient (Wildman–Crippen LogP) is -2.40. The summed E-state index contributed by atoms with van der Waals surface area (Å²) < 4.78 is 0. The Morgan fingerprint density at radius 1 is 1.03 bits per heavy atom. The Hall–Kier alpha value is -2.83. The van der Waals surface area contributed by atoms with Crippen LogP contribution in [0, 0.1) is 0 Å². The van der Waals surface area contributed by atoms with Gasteiger partial charge in [-0.2, -0.15) is 0 Å². The molecule has 0 aliphatic carbocycles. The number of rotatable bonds is 14. The fourth-order valence-corrected chi connectivity index (χ4v) is 2.83. The van der Waals surface area contributed by atoms with E-state index < -0.39 is 54.5 Å². The fraction of sp³-hybridized carbons (Fsp3) is 0.632. The molecule has 0 aromatic heterocycles. The first-order chi connectivity index (χ1) is 14.5. The summed E-state index contributed by atoms with van der Waals surface area (Å²) in [6, 6.07) is -1.34. The van der Waals surface area contributed by atoms with E-state index in [2.05, 4.69) is 5.32 Å². The number of imide groups is 1. The molecule has 0 bridgehead atoms. The van der Waals surface area contributed by atoms with Crippen molar-refractivity contribution >= 4 is 29.6 Å². The summed E-state index contributed by atoms with van der Waals surface area (Å²) in [5.41, 5.74) is 0. The van der Waals surface area contributed by atoms with Gasteiger partial charge in [-0.25, -0.2) is 4.79 Å². The molecule has 12 heteroatoms. The minimum absolute atomic E-state index is 0.0347. The average molecular weight is 443 g/mol. The van der Waals surface area contributed by atoms with Gasteiger partial charge < -0.3 is 30.6 Å². The molecule has 174 valence electrons. The van der Waals surface area contributed by atoms with Gasteiger partial charge in [0.1, 0.15) is 6.04 Å². The molecule has 4 amide bonds. The molecule has 3 atom stereocenters. The van der Waals surface area contributed by atoms with Gasteiger partial charge in [0, 0.05) is 45.1 Å². The number of carboxylic acid groups (broad SMARTS) is 1.